The second kappa shape index (κ2) is 8.70. The number of amides is 2. The molecule has 2 heterocycles. The molecular weight excluding hydrogens is 308 g/mol. The van der Waals surface area contributed by atoms with Crippen LogP contribution in [0.2, 0.25) is 0 Å². The number of carbonyl (C=O) groups excluding carboxylic acids is 2. The number of aromatic nitrogens is 2. The van der Waals surface area contributed by atoms with Crippen LogP contribution in [0.15, 0.2) is 36.4 Å². The van der Waals surface area contributed by atoms with Gasteiger partial charge >= 0.3 is 0 Å². The summed E-state index contributed by atoms with van der Waals surface area (Å²) in [7, 11) is 0. The van der Waals surface area contributed by atoms with Gasteiger partial charge in [0.05, 0.1) is 11.4 Å². The second-order valence-electron chi connectivity index (χ2n) is 4.99. The first-order valence-electron chi connectivity index (χ1n) is 7.56. The predicted octanol–water partition coefficient (Wildman–Crippen LogP) is 0.718. The SMILES string of the molecule is NCCC(=O)Nc1cccc(-c2cccc(NC(=O)CCN)n2)n1. The summed E-state index contributed by atoms with van der Waals surface area (Å²) in [5.74, 6) is 0.450. The van der Waals surface area contributed by atoms with E-state index in [9.17, 15) is 9.59 Å². The highest BCUT2D eigenvalue weighted by molar-refractivity contribution is 5.90. The summed E-state index contributed by atoms with van der Waals surface area (Å²) in [5, 5.41) is 5.35. The topological polar surface area (TPSA) is 136 Å². The number of rotatable bonds is 7. The standard InChI is InChI=1S/C16H20N6O2/c17-9-7-15(23)21-13-5-1-3-11(19-13)12-4-2-6-14(20-12)22-16(24)8-10-18/h1-6H,7-10,17-18H2,(H,19,21,23)(H,20,22,24). The van der Waals surface area contributed by atoms with Crippen molar-refractivity contribution < 1.29 is 9.59 Å². The molecule has 0 aliphatic heterocycles. The van der Waals surface area contributed by atoms with Crippen LogP contribution in [-0.4, -0.2) is 34.9 Å². The van der Waals surface area contributed by atoms with Gasteiger partial charge in [-0.25, -0.2) is 9.97 Å². The quantitative estimate of drug-likeness (QED) is 0.591. The average Bonchev–Trinajstić information content (AvgIpc) is 2.56. The van der Waals surface area contributed by atoms with Crippen LogP contribution in [0.5, 0.6) is 0 Å². The fraction of sp³-hybridized carbons (Fsp3) is 0.250. The highest BCUT2D eigenvalue weighted by Gasteiger charge is 2.07. The number of nitrogens with one attached hydrogen (secondary N) is 2. The van der Waals surface area contributed by atoms with Crippen molar-refractivity contribution >= 4 is 23.5 Å². The van der Waals surface area contributed by atoms with Gasteiger partial charge in [0.2, 0.25) is 11.8 Å². The minimum atomic E-state index is -0.196. The summed E-state index contributed by atoms with van der Waals surface area (Å²) < 4.78 is 0. The molecule has 126 valence electrons. The Morgan fingerprint density at radius 3 is 1.58 bits per heavy atom. The van der Waals surface area contributed by atoms with E-state index in [1.807, 2.05) is 0 Å². The number of pyridine rings is 2. The lowest BCUT2D eigenvalue weighted by atomic mass is 10.2. The van der Waals surface area contributed by atoms with Crippen molar-refractivity contribution in [3.05, 3.63) is 36.4 Å². The van der Waals surface area contributed by atoms with Crippen molar-refractivity contribution in [2.75, 3.05) is 23.7 Å². The van der Waals surface area contributed by atoms with Crippen LogP contribution in [0, 0.1) is 0 Å². The Kier molecular flexibility index (Phi) is 6.35. The Balaban J connectivity index is 2.16. The Labute approximate surface area is 139 Å². The summed E-state index contributed by atoms with van der Waals surface area (Å²) in [5.41, 5.74) is 11.9. The summed E-state index contributed by atoms with van der Waals surface area (Å²) in [4.78, 5) is 31.9. The van der Waals surface area contributed by atoms with Gasteiger partial charge in [-0.2, -0.15) is 0 Å². The van der Waals surface area contributed by atoms with Crippen molar-refractivity contribution in [2.45, 2.75) is 12.8 Å². The van der Waals surface area contributed by atoms with E-state index in [0.717, 1.165) is 0 Å². The number of carbonyl (C=O) groups is 2. The maximum Gasteiger partial charge on any atom is 0.226 e. The molecule has 2 aromatic rings. The van der Waals surface area contributed by atoms with Crippen LogP contribution in [0.4, 0.5) is 11.6 Å². The van der Waals surface area contributed by atoms with Crippen molar-refractivity contribution in [3.63, 3.8) is 0 Å². The fourth-order valence-corrected chi connectivity index (χ4v) is 1.97. The Morgan fingerprint density at radius 2 is 1.21 bits per heavy atom. The van der Waals surface area contributed by atoms with Gasteiger partial charge in [-0.1, -0.05) is 12.1 Å². The molecule has 0 saturated heterocycles. The minimum absolute atomic E-state index is 0.196. The van der Waals surface area contributed by atoms with Gasteiger partial charge in [-0.05, 0) is 24.3 Å². The molecule has 24 heavy (non-hydrogen) atoms. The van der Waals surface area contributed by atoms with Crippen molar-refractivity contribution in [2.24, 2.45) is 11.5 Å². The molecule has 0 unspecified atom stereocenters. The first kappa shape index (κ1) is 17.5. The second-order valence-corrected chi connectivity index (χ2v) is 4.99. The number of anilines is 2. The number of nitrogens with two attached hydrogens (primary N) is 2. The van der Waals surface area contributed by atoms with Crippen LogP contribution in [0.1, 0.15) is 12.8 Å². The molecule has 0 saturated carbocycles. The van der Waals surface area contributed by atoms with Crippen LogP contribution < -0.4 is 22.1 Å². The lowest BCUT2D eigenvalue weighted by Gasteiger charge is -2.08. The fourth-order valence-electron chi connectivity index (χ4n) is 1.97. The van der Waals surface area contributed by atoms with Crippen LogP contribution in [0.3, 0.4) is 0 Å². The number of hydrogen-bond donors (Lipinski definition) is 4. The normalized spacial score (nSPS) is 10.2. The predicted molar refractivity (Wildman–Crippen MR) is 92.1 cm³/mol. The maximum absolute atomic E-state index is 11.6. The van der Waals surface area contributed by atoms with Gasteiger partial charge in [-0.3, -0.25) is 9.59 Å². The zero-order valence-corrected chi connectivity index (χ0v) is 13.2. The first-order chi connectivity index (χ1) is 11.6. The van der Waals surface area contributed by atoms with E-state index in [4.69, 9.17) is 11.5 Å². The van der Waals surface area contributed by atoms with Crippen molar-refractivity contribution in [3.8, 4) is 11.4 Å². The largest absolute Gasteiger partial charge is 0.330 e. The monoisotopic (exact) mass is 328 g/mol. The van der Waals surface area contributed by atoms with Gasteiger partial charge < -0.3 is 22.1 Å². The van der Waals surface area contributed by atoms with E-state index in [-0.39, 0.29) is 37.7 Å². The molecule has 0 atom stereocenters. The molecule has 0 aromatic carbocycles. The summed E-state index contributed by atoms with van der Waals surface area (Å²) in [6.45, 7) is 0.551. The van der Waals surface area contributed by atoms with Gasteiger partial charge in [0.15, 0.2) is 0 Å². The molecule has 0 aliphatic rings. The van der Waals surface area contributed by atoms with Crippen molar-refractivity contribution in [1.82, 2.24) is 9.97 Å². The van der Waals surface area contributed by atoms with E-state index in [0.29, 0.717) is 23.0 Å². The van der Waals surface area contributed by atoms with Crippen LogP contribution in [-0.2, 0) is 9.59 Å². The van der Waals surface area contributed by atoms with Crippen LogP contribution >= 0.6 is 0 Å². The van der Waals surface area contributed by atoms with Gasteiger partial charge in [0, 0.05) is 25.9 Å². The van der Waals surface area contributed by atoms with Crippen molar-refractivity contribution in [1.29, 1.82) is 0 Å². The van der Waals surface area contributed by atoms with E-state index in [1.54, 1.807) is 36.4 Å². The Hall–Kier alpha value is -2.84. The number of hydrogen-bond acceptors (Lipinski definition) is 6. The molecule has 8 nitrogen and oxygen atoms in total. The van der Waals surface area contributed by atoms with Gasteiger partial charge in [-0.15, -0.1) is 0 Å². The third-order valence-corrected chi connectivity index (χ3v) is 3.04. The summed E-state index contributed by atoms with van der Waals surface area (Å²) in [6.07, 6.45) is 0.458. The lowest BCUT2D eigenvalue weighted by Crippen LogP contribution is -2.17. The van der Waals surface area contributed by atoms with E-state index in [1.165, 1.54) is 0 Å². The highest BCUT2D eigenvalue weighted by Crippen LogP contribution is 2.18. The number of nitrogens with zero attached hydrogens (tertiary/aromatic N) is 2. The third kappa shape index (κ3) is 5.11. The molecule has 8 heteroatoms. The zero-order chi connectivity index (χ0) is 17.4. The van der Waals surface area contributed by atoms with Gasteiger partial charge in [0.25, 0.3) is 0 Å². The Morgan fingerprint density at radius 1 is 0.792 bits per heavy atom. The van der Waals surface area contributed by atoms with E-state index < -0.39 is 0 Å². The molecule has 2 rings (SSSR count). The van der Waals surface area contributed by atoms with E-state index >= 15 is 0 Å². The Bertz CT molecular complexity index is 658. The van der Waals surface area contributed by atoms with Gasteiger partial charge in [0.1, 0.15) is 11.6 Å². The van der Waals surface area contributed by atoms with E-state index in [2.05, 4.69) is 20.6 Å². The molecule has 0 bridgehead atoms. The maximum atomic E-state index is 11.6. The highest BCUT2D eigenvalue weighted by atomic mass is 16.2. The molecule has 2 aromatic heterocycles. The third-order valence-electron chi connectivity index (χ3n) is 3.04. The summed E-state index contributed by atoms with van der Waals surface area (Å²) in [6, 6.07) is 10.4. The molecular formula is C16H20N6O2. The molecule has 2 amide bonds. The first-order valence-corrected chi connectivity index (χ1v) is 7.56. The molecule has 6 N–H and O–H groups in total. The van der Waals surface area contributed by atoms with Crippen LogP contribution in [0.25, 0.3) is 11.4 Å². The molecule has 0 fully saturated rings. The average molecular weight is 328 g/mol. The smallest absolute Gasteiger partial charge is 0.226 e. The molecule has 0 aliphatic carbocycles. The minimum Gasteiger partial charge on any atom is -0.330 e. The molecule has 0 radical (unpaired) electrons. The summed E-state index contributed by atoms with van der Waals surface area (Å²) >= 11 is 0. The molecule has 0 spiro atoms. The lowest BCUT2D eigenvalue weighted by molar-refractivity contribution is -0.116. The zero-order valence-electron chi connectivity index (χ0n) is 13.2.